The number of rotatable bonds is 2. The Morgan fingerprint density at radius 1 is 1.05 bits per heavy atom. The molecule has 21 heavy (non-hydrogen) atoms. The fourth-order valence-electron chi connectivity index (χ4n) is 2.87. The Morgan fingerprint density at radius 2 is 1.62 bits per heavy atom. The maximum atomic E-state index is 6.14. The highest BCUT2D eigenvalue weighted by molar-refractivity contribution is 6.30. The van der Waals surface area contributed by atoms with Crippen molar-refractivity contribution < 1.29 is 0 Å². The van der Waals surface area contributed by atoms with E-state index in [0.29, 0.717) is 0 Å². The molecule has 1 aliphatic rings. The van der Waals surface area contributed by atoms with Crippen molar-refractivity contribution in [3.8, 4) is 0 Å². The Bertz CT molecular complexity index is 626. The SMILES string of the molecule is Cc1nn(C)c(N2CCN(c3ccc(Cl)cc3)CC2)c1N. The molecule has 1 aromatic carbocycles. The summed E-state index contributed by atoms with van der Waals surface area (Å²) >= 11 is 5.94. The minimum Gasteiger partial charge on any atom is -0.394 e. The maximum absolute atomic E-state index is 6.14. The topological polar surface area (TPSA) is 50.3 Å². The molecule has 1 aliphatic heterocycles. The zero-order valence-corrected chi connectivity index (χ0v) is 13.1. The van der Waals surface area contributed by atoms with Gasteiger partial charge >= 0.3 is 0 Å². The molecule has 0 radical (unpaired) electrons. The second kappa shape index (κ2) is 5.48. The van der Waals surface area contributed by atoms with E-state index in [1.165, 1.54) is 5.69 Å². The van der Waals surface area contributed by atoms with Crippen LogP contribution < -0.4 is 15.5 Å². The van der Waals surface area contributed by atoms with E-state index in [-0.39, 0.29) is 0 Å². The van der Waals surface area contributed by atoms with E-state index in [4.69, 9.17) is 17.3 Å². The average molecular weight is 306 g/mol. The van der Waals surface area contributed by atoms with Gasteiger partial charge in [-0.2, -0.15) is 5.10 Å². The summed E-state index contributed by atoms with van der Waals surface area (Å²) in [6, 6.07) is 8.01. The molecule has 1 saturated heterocycles. The predicted molar refractivity (Wildman–Crippen MR) is 88.2 cm³/mol. The first-order valence-electron chi connectivity index (χ1n) is 7.11. The highest BCUT2D eigenvalue weighted by Crippen LogP contribution is 2.27. The number of anilines is 3. The lowest BCUT2D eigenvalue weighted by Gasteiger charge is -2.37. The summed E-state index contributed by atoms with van der Waals surface area (Å²) < 4.78 is 1.88. The second-order valence-corrected chi connectivity index (χ2v) is 5.83. The minimum absolute atomic E-state index is 0.774. The number of hydrogen-bond acceptors (Lipinski definition) is 4. The molecule has 0 bridgehead atoms. The highest BCUT2D eigenvalue weighted by atomic mass is 35.5. The van der Waals surface area contributed by atoms with Gasteiger partial charge in [-0.1, -0.05) is 11.6 Å². The molecule has 2 N–H and O–H groups in total. The lowest BCUT2D eigenvalue weighted by atomic mass is 10.2. The smallest absolute Gasteiger partial charge is 0.150 e. The molecule has 5 nitrogen and oxygen atoms in total. The molecule has 6 heteroatoms. The number of hydrogen-bond donors (Lipinski definition) is 1. The number of halogens is 1. The van der Waals surface area contributed by atoms with E-state index in [1.807, 2.05) is 30.8 Å². The molecule has 2 heterocycles. The zero-order chi connectivity index (χ0) is 15.0. The van der Waals surface area contributed by atoms with E-state index in [9.17, 15) is 0 Å². The first-order valence-corrected chi connectivity index (χ1v) is 7.48. The van der Waals surface area contributed by atoms with Crippen LogP contribution in [0.3, 0.4) is 0 Å². The molecule has 3 rings (SSSR count). The van der Waals surface area contributed by atoms with Crippen molar-refractivity contribution in [1.82, 2.24) is 9.78 Å². The fraction of sp³-hybridized carbons (Fsp3) is 0.400. The summed E-state index contributed by atoms with van der Waals surface area (Å²) in [5, 5.41) is 5.17. The van der Waals surface area contributed by atoms with Crippen molar-refractivity contribution in [1.29, 1.82) is 0 Å². The number of piperazine rings is 1. The third-order valence-corrected chi connectivity index (χ3v) is 4.26. The number of nitrogens with two attached hydrogens (primary N) is 1. The summed E-state index contributed by atoms with van der Waals surface area (Å²) in [5.74, 6) is 1.03. The molecule has 2 aromatic rings. The third-order valence-electron chi connectivity index (χ3n) is 4.01. The Balaban J connectivity index is 1.71. The van der Waals surface area contributed by atoms with Crippen LogP contribution in [0.2, 0.25) is 5.02 Å². The summed E-state index contributed by atoms with van der Waals surface area (Å²) in [6.45, 7) is 5.75. The number of aromatic nitrogens is 2. The van der Waals surface area contributed by atoms with Gasteiger partial charge in [0.15, 0.2) is 5.82 Å². The Kier molecular flexibility index (Phi) is 3.68. The van der Waals surface area contributed by atoms with Crippen LogP contribution in [0.25, 0.3) is 0 Å². The Labute approximate surface area is 129 Å². The molecule has 0 aliphatic carbocycles. The highest BCUT2D eigenvalue weighted by Gasteiger charge is 2.22. The van der Waals surface area contributed by atoms with Gasteiger partial charge in [0.25, 0.3) is 0 Å². The van der Waals surface area contributed by atoms with Crippen molar-refractivity contribution in [3.63, 3.8) is 0 Å². The largest absolute Gasteiger partial charge is 0.394 e. The summed E-state index contributed by atoms with van der Waals surface area (Å²) in [6.07, 6.45) is 0. The van der Waals surface area contributed by atoms with Gasteiger partial charge in [0, 0.05) is 43.9 Å². The van der Waals surface area contributed by atoms with Crippen LogP contribution in [0, 0.1) is 6.92 Å². The second-order valence-electron chi connectivity index (χ2n) is 5.40. The van der Waals surface area contributed by atoms with Gasteiger partial charge in [0.2, 0.25) is 0 Å². The number of aryl methyl sites for hydroxylation is 2. The molecule has 0 atom stereocenters. The van der Waals surface area contributed by atoms with Crippen LogP contribution in [-0.4, -0.2) is 36.0 Å². The quantitative estimate of drug-likeness (QED) is 0.925. The average Bonchev–Trinajstić information content (AvgIpc) is 2.73. The lowest BCUT2D eigenvalue weighted by molar-refractivity contribution is 0.624. The standard InChI is InChI=1S/C15H20ClN5/c1-11-14(17)15(19(2)18-11)21-9-7-20(8-10-21)13-5-3-12(16)4-6-13/h3-6H,7-10,17H2,1-2H3. The van der Waals surface area contributed by atoms with Crippen molar-refractivity contribution in [2.24, 2.45) is 7.05 Å². The Morgan fingerprint density at radius 3 is 2.14 bits per heavy atom. The maximum Gasteiger partial charge on any atom is 0.150 e. The monoisotopic (exact) mass is 305 g/mol. The van der Waals surface area contributed by atoms with Crippen LogP contribution in [0.5, 0.6) is 0 Å². The first-order chi connectivity index (χ1) is 10.1. The minimum atomic E-state index is 0.774. The molecule has 0 spiro atoms. The van der Waals surface area contributed by atoms with E-state index < -0.39 is 0 Å². The molecule has 112 valence electrons. The molecule has 1 fully saturated rings. The first kappa shape index (κ1) is 14.1. The molecule has 0 unspecified atom stereocenters. The van der Waals surface area contributed by atoms with Crippen molar-refractivity contribution in [3.05, 3.63) is 35.0 Å². The van der Waals surface area contributed by atoms with Crippen molar-refractivity contribution >= 4 is 28.8 Å². The van der Waals surface area contributed by atoms with Crippen LogP contribution in [0.1, 0.15) is 5.69 Å². The third kappa shape index (κ3) is 2.65. The molecule has 0 amide bonds. The van der Waals surface area contributed by atoms with E-state index in [2.05, 4.69) is 27.0 Å². The van der Waals surface area contributed by atoms with Gasteiger partial charge < -0.3 is 15.5 Å². The molecule has 1 aromatic heterocycles. The summed E-state index contributed by atoms with van der Waals surface area (Å²) in [4.78, 5) is 4.67. The zero-order valence-electron chi connectivity index (χ0n) is 12.4. The van der Waals surface area contributed by atoms with Crippen LogP contribution in [0.15, 0.2) is 24.3 Å². The number of nitrogen functional groups attached to an aromatic ring is 1. The molecular weight excluding hydrogens is 286 g/mol. The van der Waals surface area contributed by atoms with Crippen molar-refractivity contribution in [2.75, 3.05) is 41.7 Å². The van der Waals surface area contributed by atoms with Gasteiger partial charge in [-0.3, -0.25) is 4.68 Å². The molecular formula is C15H20ClN5. The Hall–Kier alpha value is -1.88. The van der Waals surface area contributed by atoms with Gasteiger partial charge in [-0.25, -0.2) is 0 Å². The number of nitrogens with zero attached hydrogens (tertiary/aromatic N) is 4. The van der Waals surface area contributed by atoms with Crippen LogP contribution in [0.4, 0.5) is 17.2 Å². The van der Waals surface area contributed by atoms with Crippen molar-refractivity contribution in [2.45, 2.75) is 6.92 Å². The van der Waals surface area contributed by atoms with E-state index in [0.717, 1.165) is 48.4 Å². The van der Waals surface area contributed by atoms with Crippen LogP contribution in [-0.2, 0) is 7.05 Å². The van der Waals surface area contributed by atoms with E-state index >= 15 is 0 Å². The fourth-order valence-corrected chi connectivity index (χ4v) is 2.99. The van der Waals surface area contributed by atoms with Gasteiger partial charge in [-0.15, -0.1) is 0 Å². The predicted octanol–water partition coefficient (Wildman–Crippen LogP) is 2.29. The lowest BCUT2D eigenvalue weighted by Crippen LogP contribution is -2.47. The van der Waals surface area contributed by atoms with Crippen LogP contribution >= 0.6 is 11.6 Å². The van der Waals surface area contributed by atoms with E-state index in [1.54, 1.807) is 0 Å². The van der Waals surface area contributed by atoms with Gasteiger partial charge in [-0.05, 0) is 31.2 Å². The molecule has 0 saturated carbocycles. The van der Waals surface area contributed by atoms with Gasteiger partial charge in [0.1, 0.15) is 0 Å². The summed E-state index contributed by atoms with van der Waals surface area (Å²) in [5.41, 5.74) is 9.04. The summed E-state index contributed by atoms with van der Waals surface area (Å²) in [7, 11) is 1.95. The van der Waals surface area contributed by atoms with Gasteiger partial charge in [0.05, 0.1) is 11.4 Å². The normalized spacial score (nSPS) is 15.6. The number of benzene rings is 1.